The molecule has 5 nitrogen and oxygen atoms in total. The molecule has 1 heterocycles. The summed E-state index contributed by atoms with van der Waals surface area (Å²) in [5.74, 6) is 0.0577. The van der Waals surface area contributed by atoms with Crippen LogP contribution < -0.4 is 11.1 Å². The van der Waals surface area contributed by atoms with Gasteiger partial charge in [0.1, 0.15) is 5.82 Å². The number of rotatable bonds is 4. The van der Waals surface area contributed by atoms with E-state index in [0.29, 0.717) is 5.82 Å². The summed E-state index contributed by atoms with van der Waals surface area (Å²) in [4.78, 5) is 18.7. The Balaban J connectivity index is 2.56. The minimum absolute atomic E-state index is 0.177. The number of carbonyl (C=O) groups excluding carboxylic acids is 1. The minimum Gasteiger partial charge on any atom is -0.393 e. The van der Waals surface area contributed by atoms with Crippen LogP contribution in [-0.2, 0) is 4.79 Å². The molecule has 2 atom stereocenters. The van der Waals surface area contributed by atoms with Crippen molar-refractivity contribution >= 4 is 23.1 Å². The van der Waals surface area contributed by atoms with E-state index in [4.69, 9.17) is 18.0 Å². The number of thiocarbonyl (C=S) groups is 1. The normalized spacial score (nSPS) is 14.3. The van der Waals surface area contributed by atoms with Crippen LogP contribution in [0.25, 0.3) is 0 Å². The molecule has 6 heteroatoms. The first kappa shape index (κ1) is 11.6. The Bertz CT molecular complexity index is 349. The third kappa shape index (κ3) is 3.02. The number of nitrogens with zero attached hydrogens (tertiary/aromatic N) is 1. The highest BCUT2D eigenvalue weighted by Gasteiger charge is 2.18. The number of aromatic nitrogens is 2. The average Bonchev–Trinajstić information content (AvgIpc) is 2.68. The Hall–Kier alpha value is -1.43. The van der Waals surface area contributed by atoms with Gasteiger partial charge in [-0.25, -0.2) is 4.98 Å². The van der Waals surface area contributed by atoms with Gasteiger partial charge in [0.25, 0.3) is 0 Å². The fraction of sp³-hybridized carbons (Fsp3) is 0.444. The molecule has 2 unspecified atom stereocenters. The molecule has 0 fully saturated rings. The smallest absolute Gasteiger partial charge is 0.230 e. The van der Waals surface area contributed by atoms with Gasteiger partial charge in [0, 0.05) is 12.4 Å². The molecule has 1 amide bonds. The number of nitrogens with one attached hydrogen (secondary N) is 2. The lowest BCUT2D eigenvalue weighted by Crippen LogP contribution is -2.37. The van der Waals surface area contributed by atoms with Gasteiger partial charge in [-0.3, -0.25) is 4.79 Å². The van der Waals surface area contributed by atoms with Crippen molar-refractivity contribution in [1.82, 2.24) is 15.3 Å². The molecule has 0 aliphatic heterocycles. The number of imidazole rings is 1. The summed E-state index contributed by atoms with van der Waals surface area (Å²) in [6.07, 6.45) is 3.34. The third-order valence-corrected chi connectivity index (χ3v) is 2.46. The molecule has 15 heavy (non-hydrogen) atoms. The van der Waals surface area contributed by atoms with Crippen LogP contribution >= 0.6 is 12.2 Å². The second-order valence-electron chi connectivity index (χ2n) is 3.33. The summed E-state index contributed by atoms with van der Waals surface area (Å²) in [5, 5.41) is 2.76. The molecule has 0 saturated heterocycles. The zero-order valence-corrected chi connectivity index (χ0v) is 9.47. The Morgan fingerprint density at radius 1 is 1.67 bits per heavy atom. The topological polar surface area (TPSA) is 83.8 Å². The SMILES string of the molecule is CC(C(=O)NC(C)c1ncc[nH]1)C(N)=S. The number of hydrogen-bond donors (Lipinski definition) is 3. The van der Waals surface area contributed by atoms with E-state index in [-0.39, 0.29) is 16.9 Å². The van der Waals surface area contributed by atoms with Crippen LogP contribution in [0.3, 0.4) is 0 Å². The highest BCUT2D eigenvalue weighted by molar-refractivity contribution is 7.80. The standard InChI is InChI=1S/C9H14N4OS/c1-5(7(10)15)9(14)13-6(2)8-11-3-4-12-8/h3-6H,1-2H3,(H2,10,15)(H,11,12)(H,13,14). The van der Waals surface area contributed by atoms with E-state index >= 15 is 0 Å². The molecule has 4 N–H and O–H groups in total. The van der Waals surface area contributed by atoms with E-state index < -0.39 is 5.92 Å². The number of H-pyrrole nitrogens is 1. The van der Waals surface area contributed by atoms with Gasteiger partial charge < -0.3 is 16.0 Å². The molecule has 0 aliphatic carbocycles. The van der Waals surface area contributed by atoms with Crippen LogP contribution in [0.15, 0.2) is 12.4 Å². The van der Waals surface area contributed by atoms with Crippen molar-refractivity contribution in [2.45, 2.75) is 19.9 Å². The van der Waals surface area contributed by atoms with Gasteiger partial charge in [-0.05, 0) is 13.8 Å². The molecule has 0 spiro atoms. The third-order valence-electron chi connectivity index (χ3n) is 2.11. The van der Waals surface area contributed by atoms with E-state index in [2.05, 4.69) is 15.3 Å². The predicted octanol–water partition coefficient (Wildman–Crippen LogP) is 0.509. The van der Waals surface area contributed by atoms with Crippen LogP contribution in [0.4, 0.5) is 0 Å². The molecule has 1 aromatic heterocycles. The maximum Gasteiger partial charge on any atom is 0.230 e. The van der Waals surface area contributed by atoms with Crippen LogP contribution in [0.5, 0.6) is 0 Å². The second-order valence-corrected chi connectivity index (χ2v) is 3.80. The maximum absolute atomic E-state index is 11.6. The van der Waals surface area contributed by atoms with Crippen molar-refractivity contribution in [3.8, 4) is 0 Å². The van der Waals surface area contributed by atoms with E-state index in [1.54, 1.807) is 19.3 Å². The molecule has 82 valence electrons. The van der Waals surface area contributed by atoms with Crippen molar-refractivity contribution in [2.75, 3.05) is 0 Å². The zero-order chi connectivity index (χ0) is 11.4. The van der Waals surface area contributed by atoms with Gasteiger partial charge in [0.2, 0.25) is 5.91 Å². The Labute approximate surface area is 93.5 Å². The summed E-state index contributed by atoms with van der Waals surface area (Å²) in [7, 11) is 0. The highest BCUT2D eigenvalue weighted by Crippen LogP contribution is 2.07. The Kier molecular flexibility index (Phi) is 3.79. The van der Waals surface area contributed by atoms with Crippen LogP contribution in [0.1, 0.15) is 25.7 Å². The first-order chi connectivity index (χ1) is 7.02. The molecule has 0 bridgehead atoms. The quantitative estimate of drug-likeness (QED) is 0.653. The molecule has 0 aromatic carbocycles. The predicted molar refractivity (Wildman–Crippen MR) is 61.1 cm³/mol. The van der Waals surface area contributed by atoms with Crippen molar-refractivity contribution in [3.63, 3.8) is 0 Å². The first-order valence-electron chi connectivity index (χ1n) is 4.61. The Morgan fingerprint density at radius 2 is 2.33 bits per heavy atom. The van der Waals surface area contributed by atoms with E-state index in [1.165, 1.54) is 0 Å². The molecular formula is C9H14N4OS. The number of aromatic amines is 1. The molecule has 0 radical (unpaired) electrons. The highest BCUT2D eigenvalue weighted by atomic mass is 32.1. The van der Waals surface area contributed by atoms with Crippen LogP contribution in [0, 0.1) is 5.92 Å². The molecular weight excluding hydrogens is 212 g/mol. The average molecular weight is 226 g/mol. The number of carbonyl (C=O) groups is 1. The number of nitrogens with two attached hydrogens (primary N) is 1. The molecule has 1 rings (SSSR count). The van der Waals surface area contributed by atoms with Crippen LogP contribution in [-0.4, -0.2) is 20.9 Å². The largest absolute Gasteiger partial charge is 0.393 e. The van der Waals surface area contributed by atoms with Crippen molar-refractivity contribution < 1.29 is 4.79 Å². The van der Waals surface area contributed by atoms with Gasteiger partial charge in [-0.2, -0.15) is 0 Å². The summed E-state index contributed by atoms with van der Waals surface area (Å²) in [5.41, 5.74) is 5.38. The maximum atomic E-state index is 11.6. The Morgan fingerprint density at radius 3 is 2.80 bits per heavy atom. The van der Waals surface area contributed by atoms with Crippen molar-refractivity contribution in [1.29, 1.82) is 0 Å². The fourth-order valence-electron chi connectivity index (χ4n) is 1.05. The van der Waals surface area contributed by atoms with Gasteiger partial charge in [0.05, 0.1) is 16.9 Å². The van der Waals surface area contributed by atoms with Gasteiger partial charge in [0.15, 0.2) is 0 Å². The summed E-state index contributed by atoms with van der Waals surface area (Å²) in [6, 6.07) is -0.177. The zero-order valence-electron chi connectivity index (χ0n) is 8.65. The lowest BCUT2D eigenvalue weighted by atomic mass is 10.1. The van der Waals surface area contributed by atoms with Gasteiger partial charge in [-0.15, -0.1) is 0 Å². The van der Waals surface area contributed by atoms with E-state index in [0.717, 1.165) is 0 Å². The minimum atomic E-state index is -0.461. The monoisotopic (exact) mass is 226 g/mol. The summed E-state index contributed by atoms with van der Waals surface area (Å²) >= 11 is 4.74. The molecule has 0 saturated carbocycles. The fourth-order valence-corrected chi connectivity index (χ4v) is 1.16. The van der Waals surface area contributed by atoms with Gasteiger partial charge >= 0.3 is 0 Å². The van der Waals surface area contributed by atoms with Gasteiger partial charge in [-0.1, -0.05) is 12.2 Å². The lowest BCUT2D eigenvalue weighted by Gasteiger charge is -2.14. The van der Waals surface area contributed by atoms with E-state index in [9.17, 15) is 4.79 Å². The number of amides is 1. The second kappa shape index (κ2) is 4.88. The van der Waals surface area contributed by atoms with Crippen LogP contribution in [0.2, 0.25) is 0 Å². The first-order valence-corrected chi connectivity index (χ1v) is 5.02. The molecule has 1 aromatic rings. The summed E-state index contributed by atoms with van der Waals surface area (Å²) in [6.45, 7) is 3.51. The van der Waals surface area contributed by atoms with Crippen molar-refractivity contribution in [2.24, 2.45) is 11.7 Å². The summed E-state index contributed by atoms with van der Waals surface area (Å²) < 4.78 is 0. The lowest BCUT2D eigenvalue weighted by molar-refractivity contribution is -0.123. The van der Waals surface area contributed by atoms with E-state index in [1.807, 2.05) is 6.92 Å². The number of hydrogen-bond acceptors (Lipinski definition) is 3. The molecule has 0 aliphatic rings. The van der Waals surface area contributed by atoms with Crippen molar-refractivity contribution in [3.05, 3.63) is 18.2 Å².